The summed E-state index contributed by atoms with van der Waals surface area (Å²) in [4.78, 5) is 6.98. The van der Waals surface area contributed by atoms with Crippen molar-refractivity contribution in [1.29, 1.82) is 0 Å². The highest BCUT2D eigenvalue weighted by atomic mass is 15.2. The summed E-state index contributed by atoms with van der Waals surface area (Å²) in [5, 5.41) is 0. The summed E-state index contributed by atoms with van der Waals surface area (Å²) in [6, 6.07) is 4.29. The van der Waals surface area contributed by atoms with Gasteiger partial charge in [-0.15, -0.1) is 0 Å². The van der Waals surface area contributed by atoms with Crippen LogP contribution in [0.2, 0.25) is 0 Å². The van der Waals surface area contributed by atoms with E-state index in [2.05, 4.69) is 35.9 Å². The van der Waals surface area contributed by atoms with Crippen LogP contribution < -0.4 is 10.6 Å². The van der Waals surface area contributed by atoms with Gasteiger partial charge in [-0.1, -0.05) is 32.8 Å². The van der Waals surface area contributed by atoms with Crippen LogP contribution in [0.25, 0.3) is 0 Å². The van der Waals surface area contributed by atoms with Gasteiger partial charge in [0.1, 0.15) is 5.82 Å². The maximum Gasteiger partial charge on any atom is 0.128 e. The van der Waals surface area contributed by atoms with Crippen molar-refractivity contribution in [3.05, 3.63) is 23.9 Å². The van der Waals surface area contributed by atoms with Crippen molar-refractivity contribution in [2.75, 3.05) is 18.0 Å². The quantitative estimate of drug-likeness (QED) is 0.902. The summed E-state index contributed by atoms with van der Waals surface area (Å²) in [6.07, 6.45) is 7.09. The van der Waals surface area contributed by atoms with Crippen molar-refractivity contribution >= 4 is 5.82 Å². The minimum atomic E-state index is 0.0655. The molecule has 1 aromatic heterocycles. The van der Waals surface area contributed by atoms with Gasteiger partial charge in [0.2, 0.25) is 0 Å². The lowest BCUT2D eigenvalue weighted by molar-refractivity contribution is 0.199. The maximum atomic E-state index is 5.86. The van der Waals surface area contributed by atoms with E-state index in [1.807, 2.05) is 13.1 Å². The molecule has 2 N–H and O–H groups in total. The summed E-state index contributed by atoms with van der Waals surface area (Å²) < 4.78 is 0. The number of nitrogens with two attached hydrogens (primary N) is 1. The van der Waals surface area contributed by atoms with E-state index in [9.17, 15) is 0 Å². The Balaban J connectivity index is 2.01. The van der Waals surface area contributed by atoms with Crippen molar-refractivity contribution in [1.82, 2.24) is 4.98 Å². The number of hydrogen-bond acceptors (Lipinski definition) is 3. The molecule has 1 unspecified atom stereocenters. The summed E-state index contributed by atoms with van der Waals surface area (Å²) in [5.74, 6) is 1.10. The van der Waals surface area contributed by atoms with Crippen molar-refractivity contribution in [2.45, 2.75) is 52.5 Å². The first-order chi connectivity index (χ1) is 9.10. The zero-order valence-electron chi connectivity index (χ0n) is 12.5. The van der Waals surface area contributed by atoms with Crippen LogP contribution in [-0.4, -0.2) is 18.1 Å². The molecule has 1 aliphatic rings. The Labute approximate surface area is 117 Å². The lowest BCUT2D eigenvalue weighted by Crippen LogP contribution is -2.40. The Kier molecular flexibility index (Phi) is 4.46. The summed E-state index contributed by atoms with van der Waals surface area (Å²) in [5.41, 5.74) is 7.54. The number of pyridine rings is 1. The minimum absolute atomic E-state index is 0.0655. The lowest BCUT2D eigenvalue weighted by atomic mass is 9.74. The molecular formula is C16H27N3. The van der Waals surface area contributed by atoms with Crippen LogP contribution in [-0.2, 0) is 0 Å². The van der Waals surface area contributed by atoms with Gasteiger partial charge in [0.15, 0.2) is 0 Å². The molecule has 0 saturated carbocycles. The topological polar surface area (TPSA) is 42.1 Å². The second kappa shape index (κ2) is 5.91. The molecule has 0 aromatic carbocycles. The zero-order chi connectivity index (χ0) is 13.9. The molecule has 1 aromatic rings. The molecule has 2 rings (SSSR count). The average molecular weight is 261 g/mol. The highest BCUT2D eigenvalue weighted by Gasteiger charge is 2.31. The highest BCUT2D eigenvalue weighted by Crippen LogP contribution is 2.38. The Morgan fingerprint density at radius 2 is 1.89 bits per heavy atom. The second-order valence-corrected chi connectivity index (χ2v) is 5.93. The predicted molar refractivity (Wildman–Crippen MR) is 81.3 cm³/mol. The van der Waals surface area contributed by atoms with Gasteiger partial charge in [-0.05, 0) is 36.8 Å². The van der Waals surface area contributed by atoms with E-state index in [0.717, 1.165) is 24.5 Å². The predicted octanol–water partition coefficient (Wildman–Crippen LogP) is 3.51. The molecule has 106 valence electrons. The molecule has 0 spiro atoms. The van der Waals surface area contributed by atoms with Crippen molar-refractivity contribution in [3.63, 3.8) is 0 Å². The molecule has 1 aliphatic heterocycles. The number of hydrogen-bond donors (Lipinski definition) is 1. The van der Waals surface area contributed by atoms with Crippen molar-refractivity contribution < 1.29 is 0 Å². The van der Waals surface area contributed by atoms with Gasteiger partial charge < -0.3 is 10.6 Å². The standard InChI is InChI=1S/C16H27N3/c1-4-16(5-2)8-10-19(11-9-16)15-7-6-14(12-18-15)13(3)17/h6-7,12-13H,4-5,8-11,17H2,1-3H3. The molecule has 1 saturated heterocycles. The first-order valence-corrected chi connectivity index (χ1v) is 7.57. The van der Waals surface area contributed by atoms with Gasteiger partial charge >= 0.3 is 0 Å². The molecular weight excluding hydrogens is 234 g/mol. The number of nitrogens with zero attached hydrogens (tertiary/aromatic N) is 2. The molecule has 3 heteroatoms. The van der Waals surface area contributed by atoms with E-state index >= 15 is 0 Å². The lowest BCUT2D eigenvalue weighted by Gasteiger charge is -2.41. The van der Waals surface area contributed by atoms with Gasteiger partial charge in [0.25, 0.3) is 0 Å². The van der Waals surface area contributed by atoms with E-state index in [0.29, 0.717) is 5.41 Å². The summed E-state index contributed by atoms with van der Waals surface area (Å²) in [7, 11) is 0. The first kappa shape index (κ1) is 14.3. The fourth-order valence-corrected chi connectivity index (χ4v) is 3.02. The van der Waals surface area contributed by atoms with Crippen LogP contribution >= 0.6 is 0 Å². The van der Waals surface area contributed by atoms with Crippen LogP contribution in [0.1, 0.15) is 58.1 Å². The number of aromatic nitrogens is 1. The van der Waals surface area contributed by atoms with E-state index < -0.39 is 0 Å². The van der Waals surface area contributed by atoms with E-state index in [1.165, 1.54) is 25.7 Å². The average Bonchev–Trinajstić information content (AvgIpc) is 2.47. The Hall–Kier alpha value is -1.09. The second-order valence-electron chi connectivity index (χ2n) is 5.93. The molecule has 19 heavy (non-hydrogen) atoms. The molecule has 0 amide bonds. The van der Waals surface area contributed by atoms with Crippen LogP contribution in [0.5, 0.6) is 0 Å². The van der Waals surface area contributed by atoms with E-state index in [-0.39, 0.29) is 6.04 Å². The van der Waals surface area contributed by atoms with Crippen LogP contribution in [0, 0.1) is 5.41 Å². The van der Waals surface area contributed by atoms with Gasteiger partial charge in [0, 0.05) is 25.3 Å². The van der Waals surface area contributed by atoms with E-state index in [1.54, 1.807) is 0 Å². The monoisotopic (exact) mass is 261 g/mol. The molecule has 0 radical (unpaired) electrons. The Morgan fingerprint density at radius 1 is 1.26 bits per heavy atom. The minimum Gasteiger partial charge on any atom is -0.357 e. The highest BCUT2D eigenvalue weighted by molar-refractivity contribution is 5.40. The smallest absolute Gasteiger partial charge is 0.128 e. The number of anilines is 1. The van der Waals surface area contributed by atoms with Crippen molar-refractivity contribution in [3.8, 4) is 0 Å². The number of piperidine rings is 1. The fourth-order valence-electron chi connectivity index (χ4n) is 3.02. The third kappa shape index (κ3) is 3.08. The van der Waals surface area contributed by atoms with Gasteiger partial charge in [0.05, 0.1) is 0 Å². The molecule has 0 bridgehead atoms. The fraction of sp³-hybridized carbons (Fsp3) is 0.688. The van der Waals surface area contributed by atoms with Crippen LogP contribution in [0.4, 0.5) is 5.82 Å². The van der Waals surface area contributed by atoms with Crippen LogP contribution in [0.15, 0.2) is 18.3 Å². The first-order valence-electron chi connectivity index (χ1n) is 7.57. The van der Waals surface area contributed by atoms with Crippen molar-refractivity contribution in [2.24, 2.45) is 11.1 Å². The molecule has 1 fully saturated rings. The third-order valence-electron chi connectivity index (χ3n) is 4.94. The van der Waals surface area contributed by atoms with Gasteiger partial charge in [-0.3, -0.25) is 0 Å². The van der Waals surface area contributed by atoms with Crippen LogP contribution in [0.3, 0.4) is 0 Å². The summed E-state index contributed by atoms with van der Waals surface area (Å²) >= 11 is 0. The largest absolute Gasteiger partial charge is 0.357 e. The molecule has 1 atom stereocenters. The van der Waals surface area contributed by atoms with Gasteiger partial charge in [-0.2, -0.15) is 0 Å². The van der Waals surface area contributed by atoms with Gasteiger partial charge in [-0.25, -0.2) is 4.98 Å². The molecule has 0 aliphatic carbocycles. The Bertz CT molecular complexity index is 383. The summed E-state index contributed by atoms with van der Waals surface area (Å²) in [6.45, 7) is 8.91. The maximum absolute atomic E-state index is 5.86. The molecule has 3 nitrogen and oxygen atoms in total. The Morgan fingerprint density at radius 3 is 2.32 bits per heavy atom. The molecule has 2 heterocycles. The SMILES string of the molecule is CCC1(CC)CCN(c2ccc(C(C)N)cn2)CC1. The number of rotatable bonds is 4. The zero-order valence-corrected chi connectivity index (χ0v) is 12.5. The van der Waals surface area contributed by atoms with E-state index in [4.69, 9.17) is 5.73 Å². The normalized spacial score (nSPS) is 20.3. The third-order valence-corrected chi connectivity index (χ3v) is 4.94.